The van der Waals surface area contributed by atoms with Gasteiger partial charge in [-0.15, -0.1) is 0 Å². The molecule has 1 aromatic rings. The number of thiocarbonyl (C=S) groups is 1. The smallest absolute Gasteiger partial charge is 0.174 e. The molecule has 0 aliphatic carbocycles. The molecule has 1 aromatic heterocycles. The van der Waals surface area contributed by atoms with E-state index in [-0.39, 0.29) is 0 Å². The lowest BCUT2D eigenvalue weighted by molar-refractivity contribution is 0.861. The predicted molar refractivity (Wildman–Crippen MR) is 56.8 cm³/mol. The van der Waals surface area contributed by atoms with Crippen molar-refractivity contribution >= 4 is 23.1 Å². The fraction of sp³-hybridized carbons (Fsp3) is 0.333. The Labute approximate surface area is 82.8 Å². The van der Waals surface area contributed by atoms with Gasteiger partial charge in [0.05, 0.1) is 0 Å². The second-order valence-electron chi connectivity index (χ2n) is 3.14. The van der Waals surface area contributed by atoms with Gasteiger partial charge < -0.3 is 10.2 Å². The van der Waals surface area contributed by atoms with Crippen LogP contribution in [0.5, 0.6) is 0 Å². The topological polar surface area (TPSA) is 27.9 Å². The molecule has 13 heavy (non-hydrogen) atoms. The van der Waals surface area contributed by atoms with Crippen LogP contribution in [-0.2, 0) is 0 Å². The Morgan fingerprint density at radius 3 is 2.85 bits per heavy atom. The van der Waals surface area contributed by atoms with E-state index >= 15 is 0 Å². The third kappa shape index (κ3) is 2.15. The molecule has 1 aliphatic heterocycles. The van der Waals surface area contributed by atoms with E-state index in [0.717, 1.165) is 29.6 Å². The van der Waals surface area contributed by atoms with Crippen LogP contribution in [0, 0.1) is 6.92 Å². The van der Waals surface area contributed by atoms with Crippen molar-refractivity contribution in [2.24, 2.45) is 0 Å². The summed E-state index contributed by atoms with van der Waals surface area (Å²) in [5.74, 6) is 0.822. The molecule has 0 aromatic carbocycles. The first kappa shape index (κ1) is 8.44. The largest absolute Gasteiger partial charge is 0.345 e. The first-order valence-electron chi connectivity index (χ1n) is 4.24. The van der Waals surface area contributed by atoms with Gasteiger partial charge in [0.15, 0.2) is 5.11 Å². The van der Waals surface area contributed by atoms with Gasteiger partial charge >= 0.3 is 0 Å². The highest BCUT2D eigenvalue weighted by Crippen LogP contribution is 2.09. The molecule has 0 bridgehead atoms. The summed E-state index contributed by atoms with van der Waals surface area (Å²) < 4.78 is 0. The lowest BCUT2D eigenvalue weighted by atomic mass is 10.3. The Bertz CT molecular complexity index is 316. The van der Waals surface area contributed by atoms with Crippen LogP contribution in [0.25, 0.3) is 0 Å². The van der Waals surface area contributed by atoms with Crippen LogP contribution < -0.4 is 5.32 Å². The van der Waals surface area contributed by atoms with Crippen molar-refractivity contribution in [3.05, 3.63) is 23.9 Å². The lowest BCUT2D eigenvalue weighted by Crippen LogP contribution is -2.18. The minimum absolute atomic E-state index is 0.774. The number of aromatic nitrogens is 1. The molecule has 3 nitrogen and oxygen atoms in total. The fourth-order valence-electron chi connectivity index (χ4n) is 0.983. The first-order chi connectivity index (χ1) is 6.25. The Morgan fingerprint density at radius 2 is 2.31 bits per heavy atom. The number of aryl methyl sites for hydroxylation is 1. The lowest BCUT2D eigenvalue weighted by Gasteiger charge is -2.07. The number of nitrogens with zero attached hydrogens (tertiary/aromatic N) is 2. The molecule has 68 valence electrons. The number of anilines is 1. The van der Waals surface area contributed by atoms with Crippen LogP contribution in [0.1, 0.15) is 5.56 Å². The van der Waals surface area contributed by atoms with Crippen molar-refractivity contribution in [1.82, 2.24) is 9.88 Å². The van der Waals surface area contributed by atoms with E-state index in [4.69, 9.17) is 12.2 Å². The van der Waals surface area contributed by atoms with Crippen LogP contribution in [0.15, 0.2) is 18.3 Å². The fourth-order valence-corrected chi connectivity index (χ4v) is 1.27. The Hall–Kier alpha value is -1.16. The molecule has 0 atom stereocenters. The summed E-state index contributed by atoms with van der Waals surface area (Å²) in [6.07, 6.45) is 1.83. The average Bonchev–Trinajstić information content (AvgIpc) is 2.91. The molecule has 2 rings (SSSR count). The van der Waals surface area contributed by atoms with E-state index in [0.29, 0.717) is 0 Å². The van der Waals surface area contributed by atoms with E-state index in [2.05, 4.69) is 15.2 Å². The van der Waals surface area contributed by atoms with Crippen molar-refractivity contribution in [1.29, 1.82) is 0 Å². The molecule has 4 heteroatoms. The van der Waals surface area contributed by atoms with Gasteiger partial charge in [0.2, 0.25) is 0 Å². The van der Waals surface area contributed by atoms with Crippen LogP contribution in [0.4, 0.5) is 5.82 Å². The Kier molecular flexibility index (Phi) is 2.14. The number of hydrogen-bond acceptors (Lipinski definition) is 2. The predicted octanol–water partition coefficient (Wildman–Crippen LogP) is 1.40. The molecule has 0 unspecified atom stereocenters. The summed E-state index contributed by atoms with van der Waals surface area (Å²) in [5, 5.41) is 3.85. The first-order valence-corrected chi connectivity index (χ1v) is 4.65. The van der Waals surface area contributed by atoms with Crippen molar-refractivity contribution in [2.75, 3.05) is 18.4 Å². The normalized spacial score (nSPS) is 14.1. The summed E-state index contributed by atoms with van der Waals surface area (Å²) in [5.41, 5.74) is 1.16. The van der Waals surface area contributed by atoms with E-state index < -0.39 is 0 Å². The highest BCUT2D eigenvalue weighted by Gasteiger charge is 2.20. The van der Waals surface area contributed by atoms with E-state index in [9.17, 15) is 0 Å². The Morgan fingerprint density at radius 1 is 1.54 bits per heavy atom. The van der Waals surface area contributed by atoms with E-state index in [1.807, 2.05) is 25.3 Å². The molecular weight excluding hydrogens is 182 g/mol. The molecule has 0 saturated carbocycles. The summed E-state index contributed by atoms with van der Waals surface area (Å²) in [7, 11) is 0. The maximum Gasteiger partial charge on any atom is 0.174 e. The van der Waals surface area contributed by atoms with Gasteiger partial charge in [-0.2, -0.15) is 0 Å². The second kappa shape index (κ2) is 3.30. The molecule has 0 radical (unpaired) electrons. The highest BCUT2D eigenvalue weighted by molar-refractivity contribution is 7.80. The second-order valence-corrected chi connectivity index (χ2v) is 3.52. The number of rotatable bonds is 1. The van der Waals surface area contributed by atoms with Gasteiger partial charge in [-0.05, 0) is 30.8 Å². The van der Waals surface area contributed by atoms with Gasteiger partial charge in [0, 0.05) is 19.3 Å². The number of hydrogen-bond donors (Lipinski definition) is 1. The minimum Gasteiger partial charge on any atom is -0.345 e. The number of nitrogens with one attached hydrogen (secondary N) is 1. The zero-order chi connectivity index (χ0) is 9.26. The van der Waals surface area contributed by atoms with Crippen molar-refractivity contribution in [3.63, 3.8) is 0 Å². The van der Waals surface area contributed by atoms with Crippen LogP contribution in [0.2, 0.25) is 0 Å². The molecule has 1 saturated heterocycles. The SMILES string of the molecule is Cc1ccc(NC(=S)N2CC2)nc1. The van der Waals surface area contributed by atoms with E-state index in [1.165, 1.54) is 0 Å². The van der Waals surface area contributed by atoms with Gasteiger partial charge in [0.25, 0.3) is 0 Å². The molecule has 2 heterocycles. The summed E-state index contributed by atoms with van der Waals surface area (Å²) >= 11 is 5.13. The van der Waals surface area contributed by atoms with Crippen molar-refractivity contribution in [2.45, 2.75) is 6.92 Å². The molecule has 1 N–H and O–H groups in total. The molecule has 1 fully saturated rings. The average molecular weight is 193 g/mol. The molecular formula is C9H11N3S. The third-order valence-electron chi connectivity index (χ3n) is 1.88. The highest BCUT2D eigenvalue weighted by atomic mass is 32.1. The van der Waals surface area contributed by atoms with Crippen LogP contribution >= 0.6 is 12.2 Å². The van der Waals surface area contributed by atoms with E-state index in [1.54, 1.807) is 0 Å². The zero-order valence-electron chi connectivity index (χ0n) is 7.45. The monoisotopic (exact) mass is 193 g/mol. The third-order valence-corrected chi connectivity index (χ3v) is 2.24. The molecule has 1 aliphatic rings. The molecule has 0 amide bonds. The van der Waals surface area contributed by atoms with Crippen LogP contribution in [-0.4, -0.2) is 28.1 Å². The zero-order valence-corrected chi connectivity index (χ0v) is 8.27. The minimum atomic E-state index is 0.774. The standard InChI is InChI=1S/C9H11N3S/c1-7-2-3-8(10-6-7)11-9(13)12-4-5-12/h2-3,6H,4-5H2,1H3,(H,10,11,13). The van der Waals surface area contributed by atoms with Crippen molar-refractivity contribution < 1.29 is 0 Å². The molecule has 0 spiro atoms. The number of pyridine rings is 1. The van der Waals surface area contributed by atoms with Gasteiger partial charge in [-0.3, -0.25) is 0 Å². The maximum atomic E-state index is 5.13. The Balaban J connectivity index is 2.00. The van der Waals surface area contributed by atoms with Crippen LogP contribution in [0.3, 0.4) is 0 Å². The van der Waals surface area contributed by atoms with Gasteiger partial charge in [-0.25, -0.2) is 4.98 Å². The van der Waals surface area contributed by atoms with Gasteiger partial charge in [0.1, 0.15) is 5.82 Å². The van der Waals surface area contributed by atoms with Gasteiger partial charge in [-0.1, -0.05) is 6.07 Å². The maximum absolute atomic E-state index is 5.13. The summed E-state index contributed by atoms with van der Waals surface area (Å²) in [6, 6.07) is 3.95. The van der Waals surface area contributed by atoms with Crippen molar-refractivity contribution in [3.8, 4) is 0 Å². The summed E-state index contributed by atoms with van der Waals surface area (Å²) in [4.78, 5) is 6.28. The summed E-state index contributed by atoms with van der Waals surface area (Å²) in [6.45, 7) is 4.15. The quantitative estimate of drug-likeness (QED) is 0.539.